The quantitative estimate of drug-likeness (QED) is 0.183. The first kappa shape index (κ1) is 19.9. The second-order valence-corrected chi connectivity index (χ2v) is 5.58. The van der Waals surface area contributed by atoms with Crippen LogP contribution < -0.4 is 10.1 Å². The maximum Gasteiger partial charge on any atom is 0.328 e. The molecule has 1 aromatic carbocycles. The van der Waals surface area contributed by atoms with Crippen LogP contribution in [0, 0.1) is 10.1 Å². The molecule has 1 aromatic rings. The maximum absolute atomic E-state index is 11.8. The highest BCUT2D eigenvalue weighted by molar-refractivity contribution is 6.14. The molecule has 0 aliphatic carbocycles. The second kappa shape index (κ2) is 8.79. The summed E-state index contributed by atoms with van der Waals surface area (Å²) in [6.07, 6.45) is 1.88. The van der Waals surface area contributed by atoms with Crippen LogP contribution in [0.5, 0.6) is 5.75 Å². The van der Waals surface area contributed by atoms with Crippen LogP contribution >= 0.6 is 0 Å². The third kappa shape index (κ3) is 5.03. The minimum Gasteiger partial charge on any atom is -0.494 e. The standard InChI is InChI=1S/C17H19N3O7/c1-3-26-15(21)5-4-8-27-12-6-7-13(20(24)25)11(9-12)10-14-16(22)18-17(23)19(14)2/h6-7,9-10H,3-5,8H2,1-2H3,(H,18,22,23). The van der Waals surface area contributed by atoms with Gasteiger partial charge in [-0.2, -0.15) is 0 Å². The van der Waals surface area contributed by atoms with Crippen LogP contribution in [0.1, 0.15) is 25.3 Å². The first-order valence-corrected chi connectivity index (χ1v) is 8.21. The Balaban J connectivity index is 2.15. The van der Waals surface area contributed by atoms with Gasteiger partial charge >= 0.3 is 12.0 Å². The molecule has 1 heterocycles. The molecule has 3 amide bonds. The molecule has 1 aliphatic rings. The van der Waals surface area contributed by atoms with E-state index in [1.54, 1.807) is 6.92 Å². The number of urea groups is 1. The third-order valence-electron chi connectivity index (χ3n) is 3.71. The van der Waals surface area contributed by atoms with Gasteiger partial charge in [0.1, 0.15) is 11.4 Å². The zero-order chi connectivity index (χ0) is 20.0. The number of ether oxygens (including phenoxy) is 2. The summed E-state index contributed by atoms with van der Waals surface area (Å²) >= 11 is 0. The van der Waals surface area contributed by atoms with E-state index in [0.717, 1.165) is 4.90 Å². The number of nitrogens with one attached hydrogen (secondary N) is 1. The van der Waals surface area contributed by atoms with E-state index in [4.69, 9.17) is 9.47 Å². The molecule has 2 rings (SSSR count). The van der Waals surface area contributed by atoms with Gasteiger partial charge in [-0.1, -0.05) is 0 Å². The van der Waals surface area contributed by atoms with E-state index >= 15 is 0 Å². The summed E-state index contributed by atoms with van der Waals surface area (Å²) in [5.74, 6) is -0.628. The summed E-state index contributed by atoms with van der Waals surface area (Å²) in [7, 11) is 1.38. The average molecular weight is 377 g/mol. The van der Waals surface area contributed by atoms with E-state index in [1.165, 1.54) is 31.3 Å². The number of nitro benzene ring substituents is 1. The Morgan fingerprint density at radius 3 is 2.70 bits per heavy atom. The Morgan fingerprint density at radius 2 is 2.11 bits per heavy atom. The summed E-state index contributed by atoms with van der Waals surface area (Å²) in [4.78, 5) is 46.3. The van der Waals surface area contributed by atoms with Crippen LogP contribution in [0.4, 0.5) is 10.5 Å². The molecule has 0 aromatic heterocycles. The molecule has 10 heteroatoms. The number of benzene rings is 1. The van der Waals surface area contributed by atoms with Crippen molar-refractivity contribution in [1.29, 1.82) is 0 Å². The Hall–Kier alpha value is -3.43. The van der Waals surface area contributed by atoms with E-state index in [0.29, 0.717) is 18.8 Å². The predicted octanol–water partition coefficient (Wildman–Crippen LogP) is 1.84. The number of carbonyl (C=O) groups is 3. The molecule has 1 aliphatic heterocycles. The van der Waals surface area contributed by atoms with Crippen LogP contribution in [0.2, 0.25) is 0 Å². The Labute approximate surface area is 154 Å². The van der Waals surface area contributed by atoms with E-state index in [2.05, 4.69) is 5.32 Å². The number of likely N-dealkylation sites (N-methyl/N-ethyl adjacent to an activating group) is 1. The molecule has 0 unspecified atom stereocenters. The topological polar surface area (TPSA) is 128 Å². The Morgan fingerprint density at radius 1 is 1.37 bits per heavy atom. The van der Waals surface area contributed by atoms with E-state index < -0.39 is 16.9 Å². The van der Waals surface area contributed by atoms with Crippen LogP contribution in [0.3, 0.4) is 0 Å². The molecular weight excluding hydrogens is 358 g/mol. The smallest absolute Gasteiger partial charge is 0.328 e. The normalized spacial score (nSPS) is 15.0. The van der Waals surface area contributed by atoms with Crippen molar-refractivity contribution in [2.24, 2.45) is 0 Å². The lowest BCUT2D eigenvalue weighted by atomic mass is 10.1. The first-order valence-electron chi connectivity index (χ1n) is 8.21. The fourth-order valence-corrected chi connectivity index (χ4v) is 2.36. The zero-order valence-electron chi connectivity index (χ0n) is 14.9. The number of rotatable bonds is 8. The van der Waals surface area contributed by atoms with Crippen molar-refractivity contribution < 1.29 is 28.8 Å². The lowest BCUT2D eigenvalue weighted by molar-refractivity contribution is -0.385. The number of esters is 1. The largest absolute Gasteiger partial charge is 0.494 e. The number of carbonyl (C=O) groups excluding carboxylic acids is 3. The van der Waals surface area contributed by atoms with Crippen LogP contribution in [0.25, 0.3) is 6.08 Å². The fourth-order valence-electron chi connectivity index (χ4n) is 2.36. The number of nitro groups is 1. The minimum absolute atomic E-state index is 0.0115. The molecule has 0 spiro atoms. The van der Waals surface area contributed by atoms with E-state index in [1.807, 2.05) is 0 Å². The molecule has 0 atom stereocenters. The molecule has 1 N–H and O–H groups in total. The lowest BCUT2D eigenvalue weighted by Gasteiger charge is -2.09. The molecule has 1 saturated heterocycles. The lowest BCUT2D eigenvalue weighted by Crippen LogP contribution is -2.24. The molecule has 144 valence electrons. The number of hydrogen-bond acceptors (Lipinski definition) is 7. The van der Waals surface area contributed by atoms with Crippen molar-refractivity contribution in [1.82, 2.24) is 10.2 Å². The van der Waals surface area contributed by atoms with Gasteiger partial charge in [-0.3, -0.25) is 29.9 Å². The van der Waals surface area contributed by atoms with Crippen LogP contribution in [-0.2, 0) is 14.3 Å². The number of nitrogens with zero attached hydrogens (tertiary/aromatic N) is 2. The third-order valence-corrected chi connectivity index (χ3v) is 3.71. The van der Waals surface area contributed by atoms with Crippen LogP contribution in [-0.4, -0.2) is 48.0 Å². The molecule has 0 bridgehead atoms. The summed E-state index contributed by atoms with van der Waals surface area (Å²) in [5, 5.41) is 13.3. The van der Waals surface area contributed by atoms with Gasteiger partial charge in [-0.05, 0) is 31.6 Å². The van der Waals surface area contributed by atoms with Gasteiger partial charge < -0.3 is 9.47 Å². The van der Waals surface area contributed by atoms with Gasteiger partial charge in [-0.15, -0.1) is 0 Å². The molecule has 0 radical (unpaired) electrons. The van der Waals surface area contributed by atoms with Crippen molar-refractivity contribution in [3.63, 3.8) is 0 Å². The highest BCUT2D eigenvalue weighted by atomic mass is 16.6. The number of imide groups is 1. The first-order chi connectivity index (χ1) is 12.8. The SMILES string of the molecule is CCOC(=O)CCCOc1ccc([N+](=O)[O-])c(C=C2C(=O)NC(=O)N2C)c1. The maximum atomic E-state index is 11.8. The van der Waals surface area contributed by atoms with E-state index in [9.17, 15) is 24.5 Å². The van der Waals surface area contributed by atoms with Crippen molar-refractivity contribution in [2.45, 2.75) is 19.8 Å². The van der Waals surface area contributed by atoms with Gasteiger partial charge in [0.15, 0.2) is 0 Å². The summed E-state index contributed by atoms with van der Waals surface area (Å²) in [6, 6.07) is 3.47. The van der Waals surface area contributed by atoms with Crippen molar-refractivity contribution >= 4 is 29.7 Å². The highest BCUT2D eigenvalue weighted by Crippen LogP contribution is 2.27. The van der Waals surface area contributed by atoms with Crippen molar-refractivity contribution in [3.8, 4) is 5.75 Å². The number of amides is 3. The molecule has 27 heavy (non-hydrogen) atoms. The van der Waals surface area contributed by atoms with Crippen LogP contribution in [0.15, 0.2) is 23.9 Å². The summed E-state index contributed by atoms with van der Waals surface area (Å²) < 4.78 is 10.3. The monoisotopic (exact) mass is 377 g/mol. The van der Waals surface area contributed by atoms with Gasteiger partial charge in [0.05, 0.1) is 23.7 Å². The Bertz CT molecular complexity index is 804. The van der Waals surface area contributed by atoms with Gasteiger partial charge in [0, 0.05) is 19.5 Å². The second-order valence-electron chi connectivity index (χ2n) is 5.58. The molecule has 0 saturated carbocycles. The minimum atomic E-state index is -0.641. The predicted molar refractivity (Wildman–Crippen MR) is 93.7 cm³/mol. The summed E-state index contributed by atoms with van der Waals surface area (Å²) in [6.45, 7) is 2.24. The average Bonchev–Trinajstić information content (AvgIpc) is 2.85. The van der Waals surface area contributed by atoms with Gasteiger partial charge in [0.2, 0.25) is 0 Å². The molecule has 10 nitrogen and oxygen atoms in total. The number of hydrogen-bond donors (Lipinski definition) is 1. The molecule has 1 fully saturated rings. The van der Waals surface area contributed by atoms with Gasteiger partial charge in [0.25, 0.3) is 11.6 Å². The van der Waals surface area contributed by atoms with Gasteiger partial charge in [-0.25, -0.2) is 4.79 Å². The van der Waals surface area contributed by atoms with Crippen molar-refractivity contribution in [2.75, 3.05) is 20.3 Å². The van der Waals surface area contributed by atoms with E-state index in [-0.39, 0.29) is 35.9 Å². The fraction of sp³-hybridized carbons (Fsp3) is 0.353. The zero-order valence-corrected chi connectivity index (χ0v) is 14.9. The molecular formula is C17H19N3O7. The summed E-state index contributed by atoms with van der Waals surface area (Å²) in [5.41, 5.74) is -0.126. The van der Waals surface area contributed by atoms with Crippen molar-refractivity contribution in [3.05, 3.63) is 39.6 Å². The Kier molecular flexibility index (Phi) is 6.47. The highest BCUT2D eigenvalue weighted by Gasteiger charge is 2.30.